The van der Waals surface area contributed by atoms with Gasteiger partial charge in [-0.1, -0.05) is 35.5 Å². The molecule has 6 nitrogen and oxygen atoms in total. The zero-order valence-corrected chi connectivity index (χ0v) is 15.8. The molecule has 26 heavy (non-hydrogen) atoms. The van der Waals surface area contributed by atoms with Crippen LogP contribution in [0.4, 0.5) is 0 Å². The lowest BCUT2D eigenvalue weighted by Crippen LogP contribution is -2.28. The first-order valence-electron chi connectivity index (χ1n) is 8.61. The van der Waals surface area contributed by atoms with Crippen LogP contribution in [-0.4, -0.2) is 39.0 Å². The largest absolute Gasteiger partial charge is 0.339 e. The number of benzene rings is 1. The summed E-state index contributed by atoms with van der Waals surface area (Å²) in [6.07, 6.45) is 0. The molecule has 0 aliphatic carbocycles. The summed E-state index contributed by atoms with van der Waals surface area (Å²) in [5.41, 5.74) is 1.98. The minimum absolute atomic E-state index is 0.00289. The minimum Gasteiger partial charge on any atom is -0.339 e. The van der Waals surface area contributed by atoms with Gasteiger partial charge in [-0.25, -0.2) is 4.98 Å². The molecule has 1 aliphatic rings. The number of hydrogen-bond donors (Lipinski definition) is 0. The SMILES string of the molecule is Cc1noc([C@H]2CN(C(=O)c3sc(C)nc3C)C[C@H]2c2ccccc2)n1. The molecular weight excluding hydrogens is 348 g/mol. The molecule has 2 aromatic heterocycles. The van der Waals surface area contributed by atoms with Gasteiger partial charge in [-0.3, -0.25) is 4.79 Å². The molecule has 2 atom stereocenters. The van der Waals surface area contributed by atoms with Crippen molar-refractivity contribution in [1.82, 2.24) is 20.0 Å². The smallest absolute Gasteiger partial charge is 0.265 e. The number of aryl methyl sites for hydroxylation is 3. The Balaban J connectivity index is 1.67. The second-order valence-electron chi connectivity index (χ2n) is 6.66. The van der Waals surface area contributed by atoms with Crippen LogP contribution >= 0.6 is 11.3 Å². The molecule has 0 N–H and O–H groups in total. The summed E-state index contributed by atoms with van der Waals surface area (Å²) in [5.74, 6) is 1.38. The first-order valence-corrected chi connectivity index (χ1v) is 9.43. The van der Waals surface area contributed by atoms with E-state index in [9.17, 15) is 4.79 Å². The topological polar surface area (TPSA) is 72.1 Å². The van der Waals surface area contributed by atoms with Gasteiger partial charge in [-0.05, 0) is 26.3 Å². The van der Waals surface area contributed by atoms with Crippen molar-refractivity contribution in [2.24, 2.45) is 0 Å². The summed E-state index contributed by atoms with van der Waals surface area (Å²) in [7, 11) is 0. The van der Waals surface area contributed by atoms with E-state index in [0.717, 1.165) is 15.6 Å². The summed E-state index contributed by atoms with van der Waals surface area (Å²) in [4.78, 5) is 24.5. The van der Waals surface area contributed by atoms with Gasteiger partial charge in [0.2, 0.25) is 5.89 Å². The Morgan fingerprint density at radius 2 is 1.85 bits per heavy atom. The number of thiazole rings is 1. The van der Waals surface area contributed by atoms with Gasteiger partial charge < -0.3 is 9.42 Å². The predicted molar refractivity (Wildman–Crippen MR) is 98.5 cm³/mol. The lowest BCUT2D eigenvalue weighted by molar-refractivity contribution is 0.0792. The predicted octanol–water partition coefficient (Wildman–Crippen LogP) is 3.47. The first kappa shape index (κ1) is 16.9. The molecule has 0 bridgehead atoms. The van der Waals surface area contributed by atoms with E-state index in [2.05, 4.69) is 27.3 Å². The molecular formula is C19H20N4O2S. The van der Waals surface area contributed by atoms with Gasteiger partial charge in [0, 0.05) is 19.0 Å². The molecule has 1 amide bonds. The van der Waals surface area contributed by atoms with Crippen molar-refractivity contribution >= 4 is 17.2 Å². The maximum Gasteiger partial charge on any atom is 0.265 e. The fourth-order valence-electron chi connectivity index (χ4n) is 3.59. The molecule has 7 heteroatoms. The highest BCUT2D eigenvalue weighted by molar-refractivity contribution is 7.13. The molecule has 1 aromatic carbocycles. The fourth-order valence-corrected chi connectivity index (χ4v) is 4.48. The molecule has 3 heterocycles. The molecule has 1 aliphatic heterocycles. The van der Waals surface area contributed by atoms with Crippen molar-refractivity contribution in [2.45, 2.75) is 32.6 Å². The van der Waals surface area contributed by atoms with Crippen LogP contribution in [0, 0.1) is 20.8 Å². The Morgan fingerprint density at radius 3 is 2.46 bits per heavy atom. The quantitative estimate of drug-likeness (QED) is 0.708. The number of aromatic nitrogens is 3. The van der Waals surface area contributed by atoms with E-state index in [1.54, 1.807) is 0 Å². The zero-order chi connectivity index (χ0) is 18.3. The lowest BCUT2D eigenvalue weighted by atomic mass is 9.89. The van der Waals surface area contributed by atoms with E-state index in [0.29, 0.717) is 24.8 Å². The standard InChI is InChI=1S/C19H20N4O2S/c1-11-17(26-13(3)20-11)19(24)23-9-15(14-7-5-4-6-8-14)16(10-23)18-21-12(2)22-25-18/h4-8,15-16H,9-10H2,1-3H3/t15-,16-/m0/s1. The molecule has 3 aromatic rings. The molecule has 1 fully saturated rings. The van der Waals surface area contributed by atoms with Gasteiger partial charge in [0.25, 0.3) is 5.91 Å². The summed E-state index contributed by atoms with van der Waals surface area (Å²) in [6, 6.07) is 10.2. The minimum atomic E-state index is -0.00289. The van der Waals surface area contributed by atoms with Crippen molar-refractivity contribution in [3.8, 4) is 0 Å². The Morgan fingerprint density at radius 1 is 1.12 bits per heavy atom. The van der Waals surface area contributed by atoms with Crippen LogP contribution in [-0.2, 0) is 0 Å². The Kier molecular flexibility index (Phi) is 4.32. The number of carbonyl (C=O) groups is 1. The van der Waals surface area contributed by atoms with Crippen molar-refractivity contribution in [2.75, 3.05) is 13.1 Å². The highest BCUT2D eigenvalue weighted by atomic mass is 32.1. The molecule has 0 saturated carbocycles. The normalized spacial score (nSPS) is 19.9. The van der Waals surface area contributed by atoms with Crippen LogP contribution in [0.25, 0.3) is 0 Å². The maximum atomic E-state index is 13.1. The Labute approximate surface area is 155 Å². The van der Waals surface area contributed by atoms with E-state index in [1.807, 2.05) is 43.9 Å². The lowest BCUT2D eigenvalue weighted by Gasteiger charge is -2.16. The van der Waals surface area contributed by atoms with Gasteiger partial charge in [-0.15, -0.1) is 11.3 Å². The number of likely N-dealkylation sites (tertiary alicyclic amines) is 1. The summed E-state index contributed by atoms with van der Waals surface area (Å²) < 4.78 is 5.45. The van der Waals surface area contributed by atoms with E-state index >= 15 is 0 Å². The number of rotatable bonds is 3. The first-order chi connectivity index (χ1) is 12.5. The summed E-state index contributed by atoms with van der Waals surface area (Å²) >= 11 is 1.45. The second-order valence-corrected chi connectivity index (χ2v) is 7.86. The van der Waals surface area contributed by atoms with Crippen LogP contribution in [0.15, 0.2) is 34.9 Å². The highest BCUT2D eigenvalue weighted by Crippen LogP contribution is 2.40. The summed E-state index contributed by atoms with van der Waals surface area (Å²) in [5, 5.41) is 4.85. The average Bonchev–Trinajstić information content (AvgIpc) is 3.33. The third-order valence-corrected chi connectivity index (χ3v) is 5.85. The van der Waals surface area contributed by atoms with Gasteiger partial charge >= 0.3 is 0 Å². The van der Waals surface area contributed by atoms with E-state index in [1.165, 1.54) is 16.9 Å². The van der Waals surface area contributed by atoms with E-state index < -0.39 is 0 Å². The highest BCUT2D eigenvalue weighted by Gasteiger charge is 2.41. The number of hydrogen-bond acceptors (Lipinski definition) is 6. The second kappa shape index (κ2) is 6.64. The van der Waals surface area contributed by atoms with Gasteiger partial charge in [0.1, 0.15) is 4.88 Å². The zero-order valence-electron chi connectivity index (χ0n) is 15.0. The third-order valence-electron chi connectivity index (χ3n) is 4.79. The molecule has 134 valence electrons. The molecule has 0 unspecified atom stereocenters. The van der Waals surface area contributed by atoms with Gasteiger partial charge in [-0.2, -0.15) is 4.98 Å². The van der Waals surface area contributed by atoms with Gasteiger partial charge in [0.05, 0.1) is 16.6 Å². The molecule has 4 rings (SSSR count). The van der Waals surface area contributed by atoms with Crippen molar-refractivity contribution in [3.05, 3.63) is 63.2 Å². The maximum absolute atomic E-state index is 13.1. The number of carbonyl (C=O) groups excluding carboxylic acids is 1. The number of amides is 1. The van der Waals surface area contributed by atoms with Crippen molar-refractivity contribution in [3.63, 3.8) is 0 Å². The van der Waals surface area contributed by atoms with Crippen LogP contribution in [0.3, 0.4) is 0 Å². The van der Waals surface area contributed by atoms with Crippen LogP contribution < -0.4 is 0 Å². The average molecular weight is 368 g/mol. The molecule has 1 saturated heterocycles. The molecule has 0 radical (unpaired) electrons. The Hall–Kier alpha value is -2.54. The van der Waals surface area contributed by atoms with Crippen molar-refractivity contribution < 1.29 is 9.32 Å². The van der Waals surface area contributed by atoms with Crippen molar-refractivity contribution in [1.29, 1.82) is 0 Å². The summed E-state index contributed by atoms with van der Waals surface area (Å²) in [6.45, 7) is 6.82. The Bertz CT molecular complexity index is 934. The van der Waals surface area contributed by atoms with Crippen LogP contribution in [0.2, 0.25) is 0 Å². The van der Waals surface area contributed by atoms with Crippen LogP contribution in [0.5, 0.6) is 0 Å². The monoisotopic (exact) mass is 368 g/mol. The third kappa shape index (κ3) is 3.03. The fraction of sp³-hybridized carbons (Fsp3) is 0.368. The van der Waals surface area contributed by atoms with E-state index in [4.69, 9.17) is 4.52 Å². The van der Waals surface area contributed by atoms with Crippen LogP contribution in [0.1, 0.15) is 49.5 Å². The number of nitrogens with zero attached hydrogens (tertiary/aromatic N) is 4. The molecule has 0 spiro atoms. The van der Waals surface area contributed by atoms with E-state index in [-0.39, 0.29) is 17.7 Å². The van der Waals surface area contributed by atoms with Gasteiger partial charge in [0.15, 0.2) is 5.82 Å².